The molecule has 126 valence electrons. The summed E-state index contributed by atoms with van der Waals surface area (Å²) in [5.74, 6) is -0.625. The summed E-state index contributed by atoms with van der Waals surface area (Å²) in [5, 5.41) is 9.21. The molecule has 0 rings (SSSR count). The number of carbonyl (C=O) groups is 1. The van der Waals surface area contributed by atoms with Gasteiger partial charge in [0.05, 0.1) is 37.4 Å². The number of hydrogen-bond acceptors (Lipinski definition) is 6. The third-order valence-corrected chi connectivity index (χ3v) is 2.82. The normalized spacial score (nSPS) is 17.0. The maximum absolute atomic E-state index is 10.9. The summed E-state index contributed by atoms with van der Waals surface area (Å²) < 4.78 is 21.0. The van der Waals surface area contributed by atoms with Gasteiger partial charge < -0.3 is 24.1 Å². The molecule has 0 aliphatic heterocycles. The first kappa shape index (κ1) is 20.9. The highest BCUT2D eigenvalue weighted by molar-refractivity contribution is 6.26. The van der Waals surface area contributed by atoms with Crippen LogP contribution in [0, 0.1) is 0 Å². The molecule has 0 aromatic carbocycles. The minimum Gasteiger partial charge on any atom is -0.462 e. The van der Waals surface area contributed by atoms with Crippen LogP contribution in [0.2, 0.25) is 0 Å². The largest absolute Gasteiger partial charge is 0.462 e. The van der Waals surface area contributed by atoms with Crippen molar-refractivity contribution in [3.05, 3.63) is 0 Å². The molecule has 0 spiro atoms. The molecule has 0 aliphatic carbocycles. The highest BCUT2D eigenvalue weighted by Gasteiger charge is 2.13. The molecule has 0 aromatic heterocycles. The third kappa shape index (κ3) is 12.1. The van der Waals surface area contributed by atoms with Gasteiger partial charge in [0.1, 0.15) is 12.5 Å². The molecule has 1 N–H and O–H groups in total. The van der Waals surface area contributed by atoms with Crippen LogP contribution in [0.1, 0.15) is 20.8 Å². The zero-order chi connectivity index (χ0) is 16.3. The number of hydrogen-bond donors (Lipinski definition) is 1. The predicted octanol–water partition coefficient (Wildman–Crippen LogP) is 1.54. The van der Waals surface area contributed by atoms with Gasteiger partial charge in [0, 0.05) is 0 Å². The zero-order valence-corrected chi connectivity index (χ0v) is 14.1. The van der Waals surface area contributed by atoms with E-state index in [0.717, 1.165) is 0 Å². The van der Waals surface area contributed by atoms with Gasteiger partial charge in [-0.05, 0) is 20.8 Å². The van der Waals surface area contributed by atoms with Crippen molar-refractivity contribution in [1.82, 2.24) is 0 Å². The fourth-order valence-corrected chi connectivity index (χ4v) is 1.44. The SMILES string of the molecule is CC(COC(=O)CCl)OCC(C)OCC(C)OC(O)CCl. The van der Waals surface area contributed by atoms with Gasteiger partial charge in [-0.3, -0.25) is 4.79 Å². The Morgan fingerprint density at radius 2 is 1.52 bits per heavy atom. The Kier molecular flexibility index (Phi) is 12.4. The lowest BCUT2D eigenvalue weighted by Gasteiger charge is -2.21. The number of carbonyl (C=O) groups excluding carboxylic acids is 1. The van der Waals surface area contributed by atoms with Gasteiger partial charge in [0.15, 0.2) is 6.29 Å². The van der Waals surface area contributed by atoms with Crippen molar-refractivity contribution in [2.45, 2.75) is 45.4 Å². The highest BCUT2D eigenvalue weighted by Crippen LogP contribution is 2.03. The lowest BCUT2D eigenvalue weighted by Crippen LogP contribution is -2.29. The van der Waals surface area contributed by atoms with Gasteiger partial charge in [-0.25, -0.2) is 0 Å². The average Bonchev–Trinajstić information content (AvgIpc) is 2.47. The molecule has 0 saturated heterocycles. The Bertz CT molecular complexity index is 279. The van der Waals surface area contributed by atoms with E-state index in [1.54, 1.807) is 13.8 Å². The molecular weight excluding hydrogens is 323 g/mol. The van der Waals surface area contributed by atoms with Crippen molar-refractivity contribution in [3.8, 4) is 0 Å². The number of ether oxygens (including phenoxy) is 4. The van der Waals surface area contributed by atoms with Gasteiger partial charge in [-0.15, -0.1) is 23.2 Å². The van der Waals surface area contributed by atoms with E-state index in [-0.39, 0.29) is 36.7 Å². The maximum Gasteiger partial charge on any atom is 0.320 e. The molecule has 0 saturated carbocycles. The van der Waals surface area contributed by atoms with Crippen LogP contribution in [0.15, 0.2) is 0 Å². The molecule has 4 unspecified atom stereocenters. The van der Waals surface area contributed by atoms with E-state index in [9.17, 15) is 9.90 Å². The summed E-state index contributed by atoms with van der Waals surface area (Å²) in [6.07, 6.45) is -1.66. The van der Waals surface area contributed by atoms with Crippen molar-refractivity contribution in [2.24, 2.45) is 0 Å². The van der Waals surface area contributed by atoms with Crippen molar-refractivity contribution >= 4 is 29.2 Å². The number of esters is 1. The summed E-state index contributed by atoms with van der Waals surface area (Å²) in [7, 11) is 0. The van der Waals surface area contributed by atoms with Gasteiger partial charge in [0.25, 0.3) is 0 Å². The molecule has 4 atom stereocenters. The van der Waals surface area contributed by atoms with E-state index in [2.05, 4.69) is 0 Å². The minimum atomic E-state index is -0.992. The smallest absolute Gasteiger partial charge is 0.320 e. The van der Waals surface area contributed by atoms with Crippen molar-refractivity contribution in [1.29, 1.82) is 0 Å². The van der Waals surface area contributed by atoms with E-state index in [1.807, 2.05) is 6.92 Å². The molecule has 6 nitrogen and oxygen atoms in total. The number of rotatable bonds is 12. The van der Waals surface area contributed by atoms with Crippen LogP contribution in [0.25, 0.3) is 0 Å². The zero-order valence-electron chi connectivity index (χ0n) is 12.6. The summed E-state index contributed by atoms with van der Waals surface area (Å²) in [6.45, 7) is 6.23. The van der Waals surface area contributed by atoms with E-state index in [0.29, 0.717) is 13.2 Å². The number of halogens is 2. The van der Waals surface area contributed by atoms with Crippen molar-refractivity contribution < 1.29 is 28.8 Å². The lowest BCUT2D eigenvalue weighted by atomic mass is 10.4. The molecule has 0 bridgehead atoms. The van der Waals surface area contributed by atoms with E-state index in [4.69, 9.17) is 42.1 Å². The molecule has 0 heterocycles. The number of aliphatic hydroxyl groups excluding tert-OH is 1. The van der Waals surface area contributed by atoms with Gasteiger partial charge in [0.2, 0.25) is 0 Å². The maximum atomic E-state index is 10.9. The standard InChI is InChI=1S/C13H24Cl2O6/c1-9(19-8-11(3)21-13(17)5-15)6-18-10(2)7-20-12(16)4-14/h9-11,13,17H,4-8H2,1-3H3. The molecule has 8 heteroatoms. The second kappa shape index (κ2) is 12.4. The van der Waals surface area contributed by atoms with Gasteiger partial charge >= 0.3 is 5.97 Å². The van der Waals surface area contributed by atoms with Gasteiger partial charge in [-0.1, -0.05) is 0 Å². The Hall–Kier alpha value is -0.110. The second-order valence-electron chi connectivity index (χ2n) is 4.66. The first-order valence-corrected chi connectivity index (χ1v) is 7.80. The van der Waals surface area contributed by atoms with Crippen LogP contribution in [0.3, 0.4) is 0 Å². The van der Waals surface area contributed by atoms with Crippen LogP contribution >= 0.6 is 23.2 Å². The summed E-state index contributed by atoms with van der Waals surface area (Å²) in [5.41, 5.74) is 0. The summed E-state index contributed by atoms with van der Waals surface area (Å²) >= 11 is 10.7. The molecule has 0 aromatic rings. The lowest BCUT2D eigenvalue weighted by molar-refractivity contribution is -0.150. The predicted molar refractivity (Wildman–Crippen MR) is 79.8 cm³/mol. The monoisotopic (exact) mass is 346 g/mol. The first-order valence-electron chi connectivity index (χ1n) is 6.73. The number of alkyl halides is 2. The first-order chi connectivity index (χ1) is 9.88. The van der Waals surface area contributed by atoms with E-state index < -0.39 is 12.3 Å². The van der Waals surface area contributed by atoms with Crippen LogP contribution in [0.5, 0.6) is 0 Å². The molecule has 0 radical (unpaired) electrons. The molecule has 0 fully saturated rings. The number of aliphatic hydroxyl groups is 1. The molecule has 0 amide bonds. The van der Waals surface area contributed by atoms with Crippen molar-refractivity contribution in [3.63, 3.8) is 0 Å². The van der Waals surface area contributed by atoms with Crippen molar-refractivity contribution in [2.75, 3.05) is 31.6 Å². The Labute approximate surface area is 135 Å². The fourth-order valence-electron chi connectivity index (χ4n) is 1.29. The summed E-state index contributed by atoms with van der Waals surface area (Å²) in [4.78, 5) is 10.9. The topological polar surface area (TPSA) is 74.2 Å². The Balaban J connectivity index is 3.69. The van der Waals surface area contributed by atoms with E-state index >= 15 is 0 Å². The molecular formula is C13H24Cl2O6. The Morgan fingerprint density at radius 1 is 1.00 bits per heavy atom. The quantitative estimate of drug-likeness (QED) is 0.328. The van der Waals surface area contributed by atoms with Crippen LogP contribution < -0.4 is 0 Å². The van der Waals surface area contributed by atoms with Gasteiger partial charge in [-0.2, -0.15) is 0 Å². The second-order valence-corrected chi connectivity index (χ2v) is 5.24. The third-order valence-electron chi connectivity index (χ3n) is 2.34. The average molecular weight is 347 g/mol. The van der Waals surface area contributed by atoms with Crippen LogP contribution in [-0.4, -0.2) is 67.3 Å². The Morgan fingerprint density at radius 3 is 2.05 bits per heavy atom. The summed E-state index contributed by atoms with van der Waals surface area (Å²) in [6, 6.07) is 0. The fraction of sp³-hybridized carbons (Fsp3) is 0.923. The van der Waals surface area contributed by atoms with Crippen LogP contribution in [-0.2, 0) is 23.7 Å². The van der Waals surface area contributed by atoms with E-state index in [1.165, 1.54) is 0 Å². The minimum absolute atomic E-state index is 0.0154. The highest BCUT2D eigenvalue weighted by atomic mass is 35.5. The molecule has 0 aliphatic rings. The molecule has 21 heavy (non-hydrogen) atoms. The van der Waals surface area contributed by atoms with Crippen LogP contribution in [0.4, 0.5) is 0 Å².